The second kappa shape index (κ2) is 4.12. The van der Waals surface area contributed by atoms with E-state index >= 15 is 0 Å². The molecule has 0 radical (unpaired) electrons. The van der Waals surface area contributed by atoms with Crippen LogP contribution in [0.4, 0.5) is 0 Å². The lowest BCUT2D eigenvalue weighted by atomic mass is 9.81. The normalized spacial score (nSPS) is 26.1. The first-order valence-corrected chi connectivity index (χ1v) is 5.38. The molecular weight excluding hydrogens is 160 g/mol. The highest BCUT2D eigenvalue weighted by molar-refractivity contribution is 5.83. The van der Waals surface area contributed by atoms with Crippen molar-refractivity contribution in [2.24, 2.45) is 16.1 Å². The molecule has 0 spiro atoms. The minimum atomic E-state index is 0.303. The molecule has 0 saturated heterocycles. The van der Waals surface area contributed by atoms with Gasteiger partial charge in [-0.2, -0.15) is 0 Å². The van der Waals surface area contributed by atoms with Crippen LogP contribution in [0.2, 0.25) is 0 Å². The summed E-state index contributed by atoms with van der Waals surface area (Å²) < 4.78 is 0. The van der Waals surface area contributed by atoms with Crippen LogP contribution in [0.1, 0.15) is 52.9 Å². The summed E-state index contributed by atoms with van der Waals surface area (Å²) >= 11 is 0. The minimum Gasteiger partial charge on any atom is -0.387 e. The maximum Gasteiger partial charge on any atom is 0.0946 e. The van der Waals surface area contributed by atoms with Crippen molar-refractivity contribution < 1.29 is 0 Å². The predicted molar refractivity (Wildman–Crippen MR) is 58.0 cm³/mol. The van der Waals surface area contributed by atoms with E-state index < -0.39 is 0 Å². The van der Waals surface area contributed by atoms with E-state index in [9.17, 15) is 0 Å². The molecule has 1 unspecified atom stereocenters. The molecular formula is C11H22N2. The number of nitrogens with zero attached hydrogens (tertiary/aromatic N) is 1. The fourth-order valence-corrected chi connectivity index (χ4v) is 2.05. The van der Waals surface area contributed by atoms with Crippen molar-refractivity contribution in [3.63, 3.8) is 0 Å². The van der Waals surface area contributed by atoms with E-state index in [4.69, 9.17) is 5.73 Å². The number of unbranched alkanes of at least 4 members (excludes halogenated alkanes) is 2. The number of amidine groups is 1. The first kappa shape index (κ1) is 10.6. The van der Waals surface area contributed by atoms with E-state index in [2.05, 4.69) is 25.8 Å². The molecule has 2 heteroatoms. The molecule has 0 fully saturated rings. The van der Waals surface area contributed by atoms with Gasteiger partial charge in [0.15, 0.2) is 0 Å². The van der Waals surface area contributed by atoms with Crippen LogP contribution in [0.25, 0.3) is 0 Å². The first-order chi connectivity index (χ1) is 6.06. The van der Waals surface area contributed by atoms with Gasteiger partial charge >= 0.3 is 0 Å². The number of hydrogen-bond donors (Lipinski definition) is 1. The average Bonchev–Trinajstić information content (AvgIpc) is 2.25. The Kier molecular flexibility index (Phi) is 3.34. The van der Waals surface area contributed by atoms with Gasteiger partial charge in [-0.15, -0.1) is 0 Å². The largest absolute Gasteiger partial charge is 0.387 e. The molecule has 2 N–H and O–H groups in total. The second-order valence-corrected chi connectivity index (χ2v) is 4.80. The third-order valence-electron chi connectivity index (χ3n) is 2.94. The van der Waals surface area contributed by atoms with Crippen molar-refractivity contribution in [2.45, 2.75) is 58.9 Å². The van der Waals surface area contributed by atoms with E-state index in [1.54, 1.807) is 0 Å². The van der Waals surface area contributed by atoms with Crippen molar-refractivity contribution in [1.29, 1.82) is 0 Å². The lowest BCUT2D eigenvalue weighted by Crippen LogP contribution is -2.24. The van der Waals surface area contributed by atoms with Crippen molar-refractivity contribution in [3.8, 4) is 0 Å². The summed E-state index contributed by atoms with van der Waals surface area (Å²) in [6.45, 7) is 6.78. The monoisotopic (exact) mass is 182 g/mol. The van der Waals surface area contributed by atoms with Crippen LogP contribution in [0, 0.1) is 5.41 Å². The fraction of sp³-hybridized carbons (Fsp3) is 0.909. The first-order valence-electron chi connectivity index (χ1n) is 5.38. The van der Waals surface area contributed by atoms with Crippen molar-refractivity contribution >= 4 is 5.84 Å². The molecule has 1 heterocycles. The van der Waals surface area contributed by atoms with Crippen molar-refractivity contribution in [1.82, 2.24) is 0 Å². The maximum absolute atomic E-state index is 5.75. The van der Waals surface area contributed by atoms with Crippen LogP contribution >= 0.6 is 0 Å². The van der Waals surface area contributed by atoms with E-state index in [-0.39, 0.29) is 0 Å². The SMILES string of the molecule is CCCCCC1N=C(N)CC1(C)C. The highest BCUT2D eigenvalue weighted by Crippen LogP contribution is 2.35. The van der Waals surface area contributed by atoms with Gasteiger partial charge in [0, 0.05) is 6.42 Å². The van der Waals surface area contributed by atoms with E-state index in [1.807, 2.05) is 0 Å². The van der Waals surface area contributed by atoms with Crippen molar-refractivity contribution in [2.75, 3.05) is 0 Å². The number of rotatable bonds is 4. The molecule has 13 heavy (non-hydrogen) atoms. The van der Waals surface area contributed by atoms with Gasteiger partial charge in [-0.3, -0.25) is 4.99 Å². The summed E-state index contributed by atoms with van der Waals surface area (Å²) in [4.78, 5) is 4.51. The van der Waals surface area contributed by atoms with Crippen LogP contribution < -0.4 is 5.73 Å². The van der Waals surface area contributed by atoms with Gasteiger partial charge in [0.25, 0.3) is 0 Å². The Hall–Kier alpha value is -0.530. The summed E-state index contributed by atoms with van der Waals surface area (Å²) in [7, 11) is 0. The van der Waals surface area contributed by atoms with Gasteiger partial charge in [-0.1, -0.05) is 40.0 Å². The molecule has 0 saturated carbocycles. The Balaban J connectivity index is 2.39. The van der Waals surface area contributed by atoms with Gasteiger partial charge in [0.1, 0.15) is 0 Å². The second-order valence-electron chi connectivity index (χ2n) is 4.80. The zero-order chi connectivity index (χ0) is 9.90. The lowest BCUT2D eigenvalue weighted by Gasteiger charge is -2.24. The minimum absolute atomic E-state index is 0.303. The summed E-state index contributed by atoms with van der Waals surface area (Å²) in [5.74, 6) is 0.853. The van der Waals surface area contributed by atoms with Crippen LogP contribution in [-0.4, -0.2) is 11.9 Å². The quantitative estimate of drug-likeness (QED) is 0.667. The molecule has 1 atom stereocenters. The zero-order valence-corrected chi connectivity index (χ0v) is 9.14. The molecule has 1 rings (SSSR count). The lowest BCUT2D eigenvalue weighted by molar-refractivity contribution is 0.303. The summed E-state index contributed by atoms with van der Waals surface area (Å²) in [6.07, 6.45) is 6.08. The molecule has 0 aromatic rings. The Morgan fingerprint density at radius 1 is 1.46 bits per heavy atom. The van der Waals surface area contributed by atoms with E-state index in [0.29, 0.717) is 11.5 Å². The molecule has 76 valence electrons. The van der Waals surface area contributed by atoms with Gasteiger partial charge < -0.3 is 5.73 Å². The Labute approximate surface area is 81.6 Å². The number of nitrogens with two attached hydrogens (primary N) is 1. The molecule has 0 aliphatic carbocycles. The molecule has 0 amide bonds. The topological polar surface area (TPSA) is 38.4 Å². The fourth-order valence-electron chi connectivity index (χ4n) is 2.05. The number of aliphatic imine (C=N–C) groups is 1. The molecule has 0 aromatic carbocycles. The van der Waals surface area contributed by atoms with Crippen molar-refractivity contribution in [3.05, 3.63) is 0 Å². The third kappa shape index (κ3) is 2.71. The van der Waals surface area contributed by atoms with Gasteiger partial charge in [-0.05, 0) is 11.8 Å². The van der Waals surface area contributed by atoms with Crippen LogP contribution in [0.15, 0.2) is 4.99 Å². The molecule has 1 aliphatic heterocycles. The smallest absolute Gasteiger partial charge is 0.0946 e. The van der Waals surface area contributed by atoms with Crippen LogP contribution in [0.3, 0.4) is 0 Å². The molecule has 1 aliphatic rings. The van der Waals surface area contributed by atoms with E-state index in [1.165, 1.54) is 25.7 Å². The molecule has 0 bridgehead atoms. The van der Waals surface area contributed by atoms with Crippen LogP contribution in [0.5, 0.6) is 0 Å². The molecule has 0 aromatic heterocycles. The van der Waals surface area contributed by atoms with Gasteiger partial charge in [0.05, 0.1) is 11.9 Å². The molecule has 2 nitrogen and oxygen atoms in total. The maximum atomic E-state index is 5.75. The highest BCUT2D eigenvalue weighted by Gasteiger charge is 2.34. The Bertz CT molecular complexity index is 194. The highest BCUT2D eigenvalue weighted by atomic mass is 14.9. The summed E-state index contributed by atoms with van der Waals surface area (Å²) in [5, 5.41) is 0. The Morgan fingerprint density at radius 2 is 2.15 bits per heavy atom. The predicted octanol–water partition coefficient (Wildman–Crippen LogP) is 2.72. The summed E-state index contributed by atoms with van der Waals surface area (Å²) in [6, 6.07) is 0.471. The van der Waals surface area contributed by atoms with Crippen LogP contribution in [-0.2, 0) is 0 Å². The van der Waals surface area contributed by atoms with E-state index in [0.717, 1.165) is 12.3 Å². The Morgan fingerprint density at radius 3 is 2.62 bits per heavy atom. The number of hydrogen-bond acceptors (Lipinski definition) is 2. The standard InChI is InChI=1S/C11H22N2/c1-4-5-6-7-9-11(2,3)8-10(12)13-9/h9H,4-8H2,1-3H3,(H2,12,13). The third-order valence-corrected chi connectivity index (χ3v) is 2.94. The summed E-state index contributed by atoms with van der Waals surface area (Å²) in [5.41, 5.74) is 6.06. The van der Waals surface area contributed by atoms with Gasteiger partial charge in [0.2, 0.25) is 0 Å². The average molecular weight is 182 g/mol. The zero-order valence-electron chi connectivity index (χ0n) is 9.14. The van der Waals surface area contributed by atoms with Gasteiger partial charge in [-0.25, -0.2) is 0 Å².